The Hall–Kier alpha value is -2.83. The molecule has 0 aliphatic heterocycles. The van der Waals surface area contributed by atoms with Gasteiger partial charge in [0.2, 0.25) is 0 Å². The number of para-hydroxylation sites is 1. The van der Waals surface area contributed by atoms with E-state index < -0.39 is 0 Å². The second kappa shape index (κ2) is 8.36. The van der Waals surface area contributed by atoms with E-state index in [0.29, 0.717) is 5.69 Å². The monoisotopic (exact) mass is 422 g/mol. The summed E-state index contributed by atoms with van der Waals surface area (Å²) in [7, 11) is 0. The van der Waals surface area contributed by atoms with E-state index >= 15 is 0 Å². The molecule has 1 heterocycles. The average Bonchev–Trinajstić information content (AvgIpc) is 3.21. The molecule has 0 spiro atoms. The lowest BCUT2D eigenvalue weighted by molar-refractivity contribution is -0.144. The van der Waals surface area contributed by atoms with Crippen LogP contribution in [-0.2, 0) is 16.1 Å². The van der Waals surface area contributed by atoms with E-state index in [2.05, 4.69) is 15.7 Å². The van der Waals surface area contributed by atoms with Crippen molar-refractivity contribution in [2.45, 2.75) is 57.1 Å². The predicted octanol–water partition coefficient (Wildman–Crippen LogP) is 3.57. The Morgan fingerprint density at radius 3 is 2.39 bits per heavy atom. The van der Waals surface area contributed by atoms with E-state index in [0.717, 1.165) is 42.7 Å². The highest BCUT2D eigenvalue weighted by molar-refractivity contribution is 5.76. The van der Waals surface area contributed by atoms with Crippen molar-refractivity contribution in [3.63, 3.8) is 0 Å². The fourth-order valence-corrected chi connectivity index (χ4v) is 6.22. The van der Waals surface area contributed by atoms with Crippen LogP contribution in [-0.4, -0.2) is 33.9 Å². The van der Waals surface area contributed by atoms with Crippen molar-refractivity contribution < 1.29 is 14.3 Å². The molecule has 1 aromatic carbocycles. The van der Waals surface area contributed by atoms with Crippen molar-refractivity contribution in [2.24, 2.45) is 17.8 Å². The molecule has 4 aliphatic rings. The number of carbonyl (C=O) groups excluding carboxylic acids is 2. The molecule has 4 bridgehead atoms. The summed E-state index contributed by atoms with van der Waals surface area (Å²) in [5.74, 6) is 2.01. The molecule has 7 nitrogen and oxygen atoms in total. The van der Waals surface area contributed by atoms with Crippen molar-refractivity contribution in [1.82, 2.24) is 20.4 Å². The number of ether oxygens (including phenoxy) is 1. The van der Waals surface area contributed by atoms with Gasteiger partial charge in [-0.25, -0.2) is 9.48 Å². The van der Waals surface area contributed by atoms with Gasteiger partial charge in [-0.3, -0.25) is 4.79 Å². The summed E-state index contributed by atoms with van der Waals surface area (Å²) in [5.41, 5.74) is 1.62. The van der Waals surface area contributed by atoms with Gasteiger partial charge in [-0.15, -0.1) is 0 Å². The minimum Gasteiger partial charge on any atom is -0.459 e. The van der Waals surface area contributed by atoms with Gasteiger partial charge in [0.1, 0.15) is 12.3 Å². The first-order valence-corrected chi connectivity index (χ1v) is 11.4. The van der Waals surface area contributed by atoms with Gasteiger partial charge in [-0.1, -0.05) is 18.2 Å². The van der Waals surface area contributed by atoms with Gasteiger partial charge < -0.3 is 15.4 Å². The molecule has 6 rings (SSSR count). The van der Waals surface area contributed by atoms with Gasteiger partial charge in [-0.05, 0) is 74.5 Å². The maximum absolute atomic E-state index is 12.4. The fraction of sp³-hybridized carbons (Fsp3) is 0.542. The molecule has 0 unspecified atom stereocenters. The molecular weight excluding hydrogens is 392 g/mol. The third kappa shape index (κ3) is 4.60. The number of urea groups is 1. The van der Waals surface area contributed by atoms with Crippen LogP contribution in [0.15, 0.2) is 42.6 Å². The van der Waals surface area contributed by atoms with Gasteiger partial charge in [0, 0.05) is 18.3 Å². The highest BCUT2D eigenvalue weighted by Crippen LogP contribution is 2.55. The Labute approximate surface area is 182 Å². The first-order chi connectivity index (χ1) is 15.1. The summed E-state index contributed by atoms with van der Waals surface area (Å²) in [6.45, 7) is 0.396. The molecular formula is C24H30N4O3. The molecule has 1 aromatic heterocycles. The Morgan fingerprint density at radius 1 is 1.03 bits per heavy atom. The van der Waals surface area contributed by atoms with Crippen LogP contribution < -0.4 is 10.6 Å². The van der Waals surface area contributed by atoms with Crippen LogP contribution in [0, 0.1) is 17.8 Å². The van der Waals surface area contributed by atoms with E-state index in [-0.39, 0.29) is 37.1 Å². The number of nitrogens with zero attached hydrogens (tertiary/aromatic N) is 2. The number of hydrogen-bond donors (Lipinski definition) is 2. The number of aromatic nitrogens is 2. The molecule has 7 heteroatoms. The summed E-state index contributed by atoms with van der Waals surface area (Å²) < 4.78 is 7.06. The lowest BCUT2D eigenvalue weighted by atomic mass is 9.53. The van der Waals surface area contributed by atoms with E-state index in [1.54, 1.807) is 4.68 Å². The number of amides is 2. The molecule has 2 N–H and O–H groups in total. The highest BCUT2D eigenvalue weighted by Gasteiger charge is 2.51. The number of nitrogens with one attached hydrogen (secondary N) is 2. The molecule has 2 amide bonds. The molecule has 164 valence electrons. The van der Waals surface area contributed by atoms with Crippen LogP contribution in [0.5, 0.6) is 0 Å². The standard InChI is InChI=1S/C24H30N4O3/c29-22(31-16-20-7-9-28(27-20)21-4-2-1-3-5-21)6-8-25-23(30)26-24-13-17-10-18(14-24)12-19(11-17)15-24/h1-5,7,9,17-19H,6,8,10-16H2,(H2,25,26,30). The van der Waals surface area contributed by atoms with Gasteiger partial charge >= 0.3 is 12.0 Å². The lowest BCUT2D eigenvalue weighted by Gasteiger charge is -2.56. The maximum atomic E-state index is 12.4. The van der Waals surface area contributed by atoms with Crippen molar-refractivity contribution in [3.8, 4) is 5.69 Å². The third-order valence-corrected chi connectivity index (χ3v) is 7.08. The van der Waals surface area contributed by atoms with Crippen LogP contribution in [0.1, 0.15) is 50.6 Å². The summed E-state index contributed by atoms with van der Waals surface area (Å²) in [4.78, 5) is 24.5. The van der Waals surface area contributed by atoms with Gasteiger partial charge in [0.15, 0.2) is 0 Å². The molecule has 4 aliphatic carbocycles. The fourth-order valence-electron chi connectivity index (χ4n) is 6.22. The second-order valence-corrected chi connectivity index (χ2v) is 9.58. The predicted molar refractivity (Wildman–Crippen MR) is 115 cm³/mol. The van der Waals surface area contributed by atoms with Crippen molar-refractivity contribution in [1.29, 1.82) is 0 Å². The van der Waals surface area contributed by atoms with E-state index in [1.165, 1.54) is 19.3 Å². The zero-order chi connectivity index (χ0) is 21.3. The lowest BCUT2D eigenvalue weighted by Crippen LogP contribution is -2.61. The first kappa shape index (κ1) is 20.1. The zero-order valence-corrected chi connectivity index (χ0v) is 17.8. The number of hydrogen-bond acceptors (Lipinski definition) is 4. The van der Waals surface area contributed by atoms with Gasteiger partial charge in [0.25, 0.3) is 0 Å². The van der Waals surface area contributed by atoms with Crippen LogP contribution in [0.25, 0.3) is 5.69 Å². The van der Waals surface area contributed by atoms with Crippen molar-refractivity contribution >= 4 is 12.0 Å². The number of carbonyl (C=O) groups is 2. The third-order valence-electron chi connectivity index (χ3n) is 7.08. The average molecular weight is 423 g/mol. The Morgan fingerprint density at radius 2 is 1.71 bits per heavy atom. The van der Waals surface area contributed by atoms with Crippen molar-refractivity contribution in [3.05, 3.63) is 48.3 Å². The van der Waals surface area contributed by atoms with Gasteiger partial charge in [-0.2, -0.15) is 5.10 Å². The topological polar surface area (TPSA) is 85.2 Å². The number of esters is 1. The molecule has 31 heavy (non-hydrogen) atoms. The summed E-state index contributed by atoms with van der Waals surface area (Å²) >= 11 is 0. The zero-order valence-electron chi connectivity index (χ0n) is 17.8. The normalized spacial score (nSPS) is 28.3. The maximum Gasteiger partial charge on any atom is 0.315 e. The van der Waals surface area contributed by atoms with Crippen LogP contribution >= 0.6 is 0 Å². The van der Waals surface area contributed by atoms with Crippen LogP contribution in [0.3, 0.4) is 0 Å². The quantitative estimate of drug-likeness (QED) is 0.668. The second-order valence-electron chi connectivity index (χ2n) is 9.58. The van der Waals surface area contributed by atoms with E-state index in [9.17, 15) is 9.59 Å². The van der Waals surface area contributed by atoms with Crippen LogP contribution in [0.4, 0.5) is 4.79 Å². The van der Waals surface area contributed by atoms with E-state index in [4.69, 9.17) is 4.74 Å². The van der Waals surface area contributed by atoms with Crippen molar-refractivity contribution in [2.75, 3.05) is 6.54 Å². The highest BCUT2D eigenvalue weighted by atomic mass is 16.5. The Kier molecular flexibility index (Phi) is 5.42. The molecule has 0 saturated heterocycles. The molecule has 4 fully saturated rings. The minimum atomic E-state index is -0.343. The Balaban J connectivity index is 1.03. The van der Waals surface area contributed by atoms with E-state index in [1.807, 2.05) is 42.6 Å². The molecule has 0 radical (unpaired) electrons. The van der Waals surface area contributed by atoms with Crippen LogP contribution in [0.2, 0.25) is 0 Å². The van der Waals surface area contributed by atoms with Gasteiger partial charge in [0.05, 0.1) is 12.1 Å². The summed E-state index contributed by atoms with van der Waals surface area (Å²) in [5, 5.41) is 10.5. The first-order valence-electron chi connectivity index (χ1n) is 11.4. The largest absolute Gasteiger partial charge is 0.459 e. The molecule has 2 aromatic rings. The smallest absolute Gasteiger partial charge is 0.315 e. The summed E-state index contributed by atoms with van der Waals surface area (Å²) in [6.07, 6.45) is 9.37. The number of rotatable bonds is 7. The minimum absolute atomic E-state index is 0.0169. The Bertz CT molecular complexity index is 904. The summed E-state index contributed by atoms with van der Waals surface area (Å²) in [6, 6.07) is 11.4. The number of benzene rings is 1. The molecule has 4 saturated carbocycles. The molecule has 0 atom stereocenters. The SMILES string of the molecule is O=C(NCCC(=O)OCc1ccn(-c2ccccc2)n1)NC12CC3CC(CC(C3)C1)C2.